The first kappa shape index (κ1) is 16.6. The Hall–Kier alpha value is -2.77. The van der Waals surface area contributed by atoms with Gasteiger partial charge in [-0.1, -0.05) is 29.3 Å². The van der Waals surface area contributed by atoms with Gasteiger partial charge in [0, 0.05) is 22.6 Å². The third kappa shape index (κ3) is 4.60. The predicted octanol–water partition coefficient (Wildman–Crippen LogP) is 4.41. The van der Waals surface area contributed by atoms with Crippen LogP contribution in [-0.4, -0.2) is 5.91 Å². The molecule has 0 atom stereocenters. The summed E-state index contributed by atoms with van der Waals surface area (Å²) in [7, 11) is 0. The lowest BCUT2D eigenvalue weighted by molar-refractivity contribution is -0.112. The molecule has 2 N–H and O–H groups in total. The van der Waals surface area contributed by atoms with Gasteiger partial charge in [0.2, 0.25) is 0 Å². The van der Waals surface area contributed by atoms with E-state index < -0.39 is 5.91 Å². The number of amides is 1. The summed E-state index contributed by atoms with van der Waals surface area (Å²) in [4.78, 5) is 12.1. The second-order valence-electron chi connectivity index (χ2n) is 5.09. The number of halogens is 1. The van der Waals surface area contributed by atoms with Crippen LogP contribution in [0, 0.1) is 25.2 Å². The number of aryl methyl sites for hydroxylation is 2. The van der Waals surface area contributed by atoms with Gasteiger partial charge in [-0.2, -0.15) is 5.26 Å². The average molecular weight is 326 g/mol. The molecule has 0 aliphatic heterocycles. The van der Waals surface area contributed by atoms with Crippen LogP contribution in [0.3, 0.4) is 0 Å². The molecular formula is C18H16ClN3O. The topological polar surface area (TPSA) is 64.9 Å². The van der Waals surface area contributed by atoms with Crippen LogP contribution < -0.4 is 10.6 Å². The van der Waals surface area contributed by atoms with Crippen molar-refractivity contribution in [1.82, 2.24) is 0 Å². The summed E-state index contributed by atoms with van der Waals surface area (Å²) < 4.78 is 0. The first-order valence-corrected chi connectivity index (χ1v) is 7.38. The Balaban J connectivity index is 2.10. The molecule has 4 nitrogen and oxygen atoms in total. The Morgan fingerprint density at radius 2 is 1.87 bits per heavy atom. The predicted molar refractivity (Wildman–Crippen MR) is 93.3 cm³/mol. The Morgan fingerprint density at radius 3 is 2.48 bits per heavy atom. The quantitative estimate of drug-likeness (QED) is 0.646. The van der Waals surface area contributed by atoms with Gasteiger partial charge >= 0.3 is 0 Å². The molecule has 0 unspecified atom stereocenters. The molecule has 116 valence electrons. The van der Waals surface area contributed by atoms with Crippen LogP contribution in [0.2, 0.25) is 5.02 Å². The Kier molecular flexibility index (Phi) is 5.40. The van der Waals surface area contributed by atoms with Crippen LogP contribution in [0.15, 0.2) is 54.2 Å². The van der Waals surface area contributed by atoms with E-state index >= 15 is 0 Å². The maximum absolute atomic E-state index is 12.1. The third-order valence-corrected chi connectivity index (χ3v) is 3.47. The molecule has 0 bridgehead atoms. The number of anilines is 2. The van der Waals surface area contributed by atoms with Crippen LogP contribution in [0.4, 0.5) is 11.4 Å². The normalized spacial score (nSPS) is 10.8. The number of nitriles is 1. The summed E-state index contributed by atoms with van der Waals surface area (Å²) in [6.45, 7) is 3.97. The molecule has 0 spiro atoms. The van der Waals surface area contributed by atoms with E-state index in [9.17, 15) is 4.79 Å². The molecule has 0 heterocycles. The molecule has 0 saturated carbocycles. The van der Waals surface area contributed by atoms with Crippen molar-refractivity contribution in [2.45, 2.75) is 13.8 Å². The number of carbonyl (C=O) groups is 1. The Labute approximate surface area is 140 Å². The number of hydrogen-bond acceptors (Lipinski definition) is 3. The summed E-state index contributed by atoms with van der Waals surface area (Å²) >= 11 is 5.80. The minimum Gasteiger partial charge on any atom is -0.360 e. The van der Waals surface area contributed by atoms with E-state index in [1.54, 1.807) is 24.3 Å². The molecule has 0 fully saturated rings. The number of nitrogens with one attached hydrogen (secondary N) is 2. The van der Waals surface area contributed by atoms with E-state index in [1.807, 2.05) is 38.1 Å². The van der Waals surface area contributed by atoms with Crippen LogP contribution in [0.25, 0.3) is 0 Å². The molecule has 5 heteroatoms. The van der Waals surface area contributed by atoms with Crippen molar-refractivity contribution < 1.29 is 4.79 Å². The van der Waals surface area contributed by atoms with Gasteiger partial charge in [-0.25, -0.2) is 0 Å². The zero-order chi connectivity index (χ0) is 16.8. The van der Waals surface area contributed by atoms with Gasteiger partial charge in [-0.15, -0.1) is 0 Å². The number of carbonyl (C=O) groups excluding carboxylic acids is 1. The minimum absolute atomic E-state index is 0.0140. The molecule has 2 rings (SSSR count). The highest BCUT2D eigenvalue weighted by atomic mass is 35.5. The maximum atomic E-state index is 12.1. The van der Waals surface area contributed by atoms with Gasteiger partial charge in [-0.05, 0) is 49.7 Å². The molecule has 0 aliphatic carbocycles. The largest absolute Gasteiger partial charge is 0.360 e. The fourth-order valence-corrected chi connectivity index (χ4v) is 2.13. The Bertz CT molecular complexity index is 789. The molecule has 0 radical (unpaired) electrons. The summed E-state index contributed by atoms with van der Waals surface area (Å²) in [5.41, 5.74) is 3.60. The van der Waals surface area contributed by atoms with E-state index in [2.05, 4.69) is 10.6 Å². The highest BCUT2D eigenvalue weighted by Crippen LogP contribution is 2.17. The monoisotopic (exact) mass is 325 g/mol. The molecule has 0 saturated heterocycles. The Morgan fingerprint density at radius 1 is 1.17 bits per heavy atom. The summed E-state index contributed by atoms with van der Waals surface area (Å²) in [5.74, 6) is -0.480. The zero-order valence-electron chi connectivity index (χ0n) is 12.9. The fourth-order valence-electron chi connectivity index (χ4n) is 2.01. The molecular weight excluding hydrogens is 310 g/mol. The van der Waals surface area contributed by atoms with Crippen molar-refractivity contribution in [3.8, 4) is 6.07 Å². The van der Waals surface area contributed by atoms with E-state index in [4.69, 9.17) is 16.9 Å². The van der Waals surface area contributed by atoms with Gasteiger partial charge in [-0.3, -0.25) is 4.79 Å². The number of rotatable bonds is 4. The number of benzene rings is 2. The minimum atomic E-state index is -0.480. The fraction of sp³-hybridized carbons (Fsp3) is 0.111. The summed E-state index contributed by atoms with van der Waals surface area (Å²) in [6.07, 6.45) is 1.41. The maximum Gasteiger partial charge on any atom is 0.267 e. The number of nitrogens with zero attached hydrogens (tertiary/aromatic N) is 1. The lowest BCUT2D eigenvalue weighted by Gasteiger charge is -2.08. The van der Waals surface area contributed by atoms with Crippen LogP contribution in [0.1, 0.15) is 11.1 Å². The van der Waals surface area contributed by atoms with Crippen LogP contribution in [-0.2, 0) is 4.79 Å². The highest BCUT2D eigenvalue weighted by molar-refractivity contribution is 6.30. The molecule has 0 aromatic heterocycles. The van der Waals surface area contributed by atoms with Crippen molar-refractivity contribution in [3.63, 3.8) is 0 Å². The molecule has 1 amide bonds. The van der Waals surface area contributed by atoms with Crippen molar-refractivity contribution in [2.75, 3.05) is 10.6 Å². The van der Waals surface area contributed by atoms with Gasteiger partial charge in [0.15, 0.2) is 0 Å². The van der Waals surface area contributed by atoms with E-state index in [-0.39, 0.29) is 5.57 Å². The van der Waals surface area contributed by atoms with E-state index in [0.29, 0.717) is 10.7 Å². The smallest absolute Gasteiger partial charge is 0.267 e. The second kappa shape index (κ2) is 7.48. The van der Waals surface area contributed by atoms with Crippen molar-refractivity contribution >= 4 is 28.9 Å². The van der Waals surface area contributed by atoms with Gasteiger partial charge in [0.25, 0.3) is 5.91 Å². The molecule has 2 aromatic carbocycles. The summed E-state index contributed by atoms with van der Waals surface area (Å²) in [6, 6.07) is 14.5. The van der Waals surface area contributed by atoms with Gasteiger partial charge in [0.1, 0.15) is 11.6 Å². The standard InChI is InChI=1S/C18H16ClN3O/c1-12-3-8-17(13(2)9-12)21-11-14(10-20)18(23)22-16-6-4-15(19)5-7-16/h3-9,11,21H,1-2H3,(H,22,23)/b14-11-. The van der Waals surface area contributed by atoms with Crippen LogP contribution in [0.5, 0.6) is 0 Å². The molecule has 23 heavy (non-hydrogen) atoms. The van der Waals surface area contributed by atoms with Crippen LogP contribution >= 0.6 is 11.6 Å². The first-order chi connectivity index (χ1) is 11.0. The first-order valence-electron chi connectivity index (χ1n) is 7.00. The third-order valence-electron chi connectivity index (χ3n) is 3.22. The second-order valence-corrected chi connectivity index (χ2v) is 5.53. The van der Waals surface area contributed by atoms with Gasteiger partial charge < -0.3 is 10.6 Å². The van der Waals surface area contributed by atoms with E-state index in [1.165, 1.54) is 6.20 Å². The van der Waals surface area contributed by atoms with Crippen molar-refractivity contribution in [1.29, 1.82) is 5.26 Å². The van der Waals surface area contributed by atoms with Crippen molar-refractivity contribution in [3.05, 3.63) is 70.4 Å². The highest BCUT2D eigenvalue weighted by Gasteiger charge is 2.09. The van der Waals surface area contributed by atoms with E-state index in [0.717, 1.165) is 16.8 Å². The summed E-state index contributed by atoms with van der Waals surface area (Å²) in [5, 5.41) is 15.4. The number of hydrogen-bond donors (Lipinski definition) is 2. The SMILES string of the molecule is Cc1ccc(N/C=C(/C#N)C(=O)Nc2ccc(Cl)cc2)c(C)c1. The molecule has 2 aromatic rings. The zero-order valence-corrected chi connectivity index (χ0v) is 13.6. The lowest BCUT2D eigenvalue weighted by atomic mass is 10.1. The van der Waals surface area contributed by atoms with Crippen molar-refractivity contribution in [2.24, 2.45) is 0 Å². The molecule has 0 aliphatic rings. The lowest BCUT2D eigenvalue weighted by Crippen LogP contribution is -2.14. The van der Waals surface area contributed by atoms with Gasteiger partial charge in [0.05, 0.1) is 0 Å². The average Bonchev–Trinajstić information content (AvgIpc) is 2.52.